The summed E-state index contributed by atoms with van der Waals surface area (Å²) in [7, 11) is 0. The number of aromatic nitrogens is 3. The normalized spacial score (nSPS) is 10.4. The average molecular weight is 338 g/mol. The van der Waals surface area contributed by atoms with Gasteiger partial charge in [-0.15, -0.1) is 5.10 Å². The monoisotopic (exact) mass is 338 g/mol. The highest BCUT2D eigenvalue weighted by molar-refractivity contribution is 6.03. The van der Waals surface area contributed by atoms with E-state index in [1.807, 2.05) is 12.1 Å². The van der Waals surface area contributed by atoms with Crippen molar-refractivity contribution < 1.29 is 13.9 Å². The Morgan fingerprint density at radius 1 is 1.20 bits per heavy atom. The van der Waals surface area contributed by atoms with Gasteiger partial charge in [0, 0.05) is 11.8 Å². The molecule has 0 atom stereocenters. The maximum Gasteiger partial charge on any atom is 0.322 e. The highest BCUT2D eigenvalue weighted by Crippen LogP contribution is 2.18. The predicted molar refractivity (Wildman–Crippen MR) is 92.3 cm³/mol. The number of rotatable bonds is 7. The van der Waals surface area contributed by atoms with Crippen LogP contribution in [0.4, 0.5) is 6.01 Å². The van der Waals surface area contributed by atoms with E-state index in [2.05, 4.69) is 27.4 Å². The van der Waals surface area contributed by atoms with Crippen molar-refractivity contribution in [3.05, 3.63) is 54.2 Å². The maximum absolute atomic E-state index is 12.3. The molecule has 0 fully saturated rings. The molecule has 1 N–H and O–H groups in total. The van der Waals surface area contributed by atoms with Crippen molar-refractivity contribution in [2.24, 2.45) is 0 Å². The molecule has 0 radical (unpaired) electrons. The summed E-state index contributed by atoms with van der Waals surface area (Å²) in [6.07, 6.45) is 3.65. The lowest BCUT2D eigenvalue weighted by atomic mass is 10.2. The SMILES string of the molecule is CCCCOc1cccc(C(=O)Nc2nnc(-c3ccccn3)o2)c1. The van der Waals surface area contributed by atoms with Gasteiger partial charge in [0.2, 0.25) is 0 Å². The van der Waals surface area contributed by atoms with E-state index in [-0.39, 0.29) is 17.8 Å². The lowest BCUT2D eigenvalue weighted by Gasteiger charge is -2.07. The molecular weight excluding hydrogens is 320 g/mol. The van der Waals surface area contributed by atoms with Crippen LogP contribution in [-0.4, -0.2) is 27.7 Å². The van der Waals surface area contributed by atoms with Crippen molar-refractivity contribution in [1.82, 2.24) is 15.2 Å². The first-order valence-electron chi connectivity index (χ1n) is 8.05. The fourth-order valence-electron chi connectivity index (χ4n) is 2.10. The van der Waals surface area contributed by atoms with E-state index in [4.69, 9.17) is 9.15 Å². The van der Waals surface area contributed by atoms with Crippen LogP contribution >= 0.6 is 0 Å². The van der Waals surface area contributed by atoms with Gasteiger partial charge in [-0.2, -0.15) is 0 Å². The predicted octanol–water partition coefficient (Wildman–Crippen LogP) is 3.56. The van der Waals surface area contributed by atoms with Crippen LogP contribution in [0, 0.1) is 0 Å². The Balaban J connectivity index is 1.66. The van der Waals surface area contributed by atoms with E-state index >= 15 is 0 Å². The third kappa shape index (κ3) is 4.41. The molecule has 25 heavy (non-hydrogen) atoms. The highest BCUT2D eigenvalue weighted by Gasteiger charge is 2.13. The number of unbranched alkanes of at least 4 members (excludes halogenated alkanes) is 1. The summed E-state index contributed by atoms with van der Waals surface area (Å²) >= 11 is 0. The second kappa shape index (κ2) is 8.05. The Labute approximate surface area is 145 Å². The van der Waals surface area contributed by atoms with Gasteiger partial charge >= 0.3 is 6.01 Å². The van der Waals surface area contributed by atoms with E-state index in [1.165, 1.54) is 0 Å². The molecule has 7 heteroatoms. The van der Waals surface area contributed by atoms with Crippen LogP contribution in [0.2, 0.25) is 0 Å². The van der Waals surface area contributed by atoms with Gasteiger partial charge in [0.05, 0.1) is 6.61 Å². The molecule has 0 unspecified atom stereocenters. The number of hydrogen-bond acceptors (Lipinski definition) is 6. The number of amides is 1. The van der Waals surface area contributed by atoms with Crippen LogP contribution in [-0.2, 0) is 0 Å². The van der Waals surface area contributed by atoms with E-state index in [0.29, 0.717) is 23.6 Å². The van der Waals surface area contributed by atoms with Gasteiger partial charge in [-0.05, 0) is 36.8 Å². The maximum atomic E-state index is 12.3. The number of pyridine rings is 1. The number of benzene rings is 1. The zero-order valence-electron chi connectivity index (χ0n) is 13.8. The second-order valence-corrected chi connectivity index (χ2v) is 5.31. The summed E-state index contributed by atoms with van der Waals surface area (Å²) in [5.41, 5.74) is 0.994. The third-order valence-electron chi connectivity index (χ3n) is 3.39. The minimum absolute atomic E-state index is 0.0166. The Hall–Kier alpha value is -3.22. The second-order valence-electron chi connectivity index (χ2n) is 5.31. The first-order valence-corrected chi connectivity index (χ1v) is 8.05. The minimum atomic E-state index is -0.350. The Kier molecular flexibility index (Phi) is 5.36. The van der Waals surface area contributed by atoms with E-state index < -0.39 is 0 Å². The zero-order chi connectivity index (χ0) is 17.5. The molecule has 0 bridgehead atoms. The molecule has 0 saturated heterocycles. The Morgan fingerprint density at radius 2 is 2.12 bits per heavy atom. The van der Waals surface area contributed by atoms with Crippen molar-refractivity contribution in [1.29, 1.82) is 0 Å². The molecular formula is C18H18N4O3. The molecule has 2 heterocycles. The number of ether oxygens (including phenoxy) is 1. The zero-order valence-corrected chi connectivity index (χ0v) is 13.8. The van der Waals surface area contributed by atoms with Gasteiger partial charge in [-0.3, -0.25) is 15.1 Å². The molecule has 1 amide bonds. The van der Waals surface area contributed by atoms with Crippen LogP contribution in [0.25, 0.3) is 11.6 Å². The van der Waals surface area contributed by atoms with Crippen molar-refractivity contribution in [3.63, 3.8) is 0 Å². The molecule has 3 rings (SSSR count). The van der Waals surface area contributed by atoms with Gasteiger partial charge in [0.1, 0.15) is 11.4 Å². The van der Waals surface area contributed by atoms with Crippen LogP contribution in [0.3, 0.4) is 0 Å². The van der Waals surface area contributed by atoms with Gasteiger partial charge in [-0.25, -0.2) is 0 Å². The molecule has 7 nitrogen and oxygen atoms in total. The van der Waals surface area contributed by atoms with Crippen molar-refractivity contribution in [2.45, 2.75) is 19.8 Å². The lowest BCUT2D eigenvalue weighted by molar-refractivity contribution is 0.102. The summed E-state index contributed by atoms with van der Waals surface area (Å²) in [6, 6.07) is 12.3. The Morgan fingerprint density at radius 3 is 2.92 bits per heavy atom. The van der Waals surface area contributed by atoms with Crippen molar-refractivity contribution in [2.75, 3.05) is 11.9 Å². The molecule has 2 aromatic heterocycles. The molecule has 128 valence electrons. The third-order valence-corrected chi connectivity index (χ3v) is 3.39. The highest BCUT2D eigenvalue weighted by atomic mass is 16.5. The Bertz CT molecular complexity index is 833. The molecule has 0 spiro atoms. The lowest BCUT2D eigenvalue weighted by Crippen LogP contribution is -2.12. The summed E-state index contributed by atoms with van der Waals surface area (Å²) in [5.74, 6) is 0.547. The van der Waals surface area contributed by atoms with E-state index in [9.17, 15) is 4.79 Å². The fraction of sp³-hybridized carbons (Fsp3) is 0.222. The van der Waals surface area contributed by atoms with Crippen molar-refractivity contribution in [3.8, 4) is 17.3 Å². The summed E-state index contributed by atoms with van der Waals surface area (Å²) in [4.78, 5) is 16.5. The summed E-state index contributed by atoms with van der Waals surface area (Å²) in [6.45, 7) is 2.72. The van der Waals surface area contributed by atoms with E-state index in [0.717, 1.165) is 12.8 Å². The topological polar surface area (TPSA) is 90.1 Å². The molecule has 0 saturated carbocycles. The number of nitrogens with zero attached hydrogens (tertiary/aromatic N) is 3. The van der Waals surface area contributed by atoms with Gasteiger partial charge in [-0.1, -0.05) is 30.6 Å². The number of hydrogen-bond donors (Lipinski definition) is 1. The van der Waals surface area contributed by atoms with Gasteiger partial charge < -0.3 is 9.15 Å². The first-order chi connectivity index (χ1) is 12.3. The summed E-state index contributed by atoms with van der Waals surface area (Å²) < 4.78 is 11.0. The molecule has 0 aliphatic carbocycles. The van der Waals surface area contributed by atoms with Crippen molar-refractivity contribution >= 4 is 11.9 Å². The van der Waals surface area contributed by atoms with Crippen LogP contribution in [0.1, 0.15) is 30.1 Å². The molecule has 0 aliphatic heterocycles. The van der Waals surface area contributed by atoms with Gasteiger partial charge in [0.15, 0.2) is 0 Å². The quantitative estimate of drug-likeness (QED) is 0.662. The van der Waals surface area contributed by atoms with E-state index in [1.54, 1.807) is 36.5 Å². The first kappa shape index (κ1) is 16.6. The minimum Gasteiger partial charge on any atom is -0.494 e. The summed E-state index contributed by atoms with van der Waals surface area (Å²) in [5, 5.41) is 10.3. The van der Waals surface area contributed by atoms with Crippen LogP contribution in [0.5, 0.6) is 5.75 Å². The molecule has 1 aromatic carbocycles. The van der Waals surface area contributed by atoms with Crippen LogP contribution in [0.15, 0.2) is 53.1 Å². The number of carbonyl (C=O) groups excluding carboxylic acids is 1. The average Bonchev–Trinajstić information content (AvgIpc) is 3.11. The molecule has 0 aliphatic rings. The smallest absolute Gasteiger partial charge is 0.322 e. The number of nitrogens with one attached hydrogen (secondary N) is 1. The van der Waals surface area contributed by atoms with Gasteiger partial charge in [0.25, 0.3) is 11.8 Å². The standard InChI is InChI=1S/C18H18N4O3/c1-2-3-11-24-14-8-6-7-13(12-14)16(23)20-18-22-21-17(25-18)15-9-4-5-10-19-15/h4-10,12H,2-3,11H2,1H3,(H,20,22,23). The van der Waals surface area contributed by atoms with Crippen LogP contribution < -0.4 is 10.1 Å². The fourth-order valence-corrected chi connectivity index (χ4v) is 2.10. The number of anilines is 1. The largest absolute Gasteiger partial charge is 0.494 e. The number of carbonyl (C=O) groups is 1. The molecule has 3 aromatic rings.